The lowest BCUT2D eigenvalue weighted by atomic mass is 10.2. The van der Waals surface area contributed by atoms with Crippen LogP contribution in [0.15, 0.2) is 43.0 Å². The van der Waals surface area contributed by atoms with E-state index in [2.05, 4.69) is 20.0 Å². The highest BCUT2D eigenvalue weighted by molar-refractivity contribution is 7.52. The van der Waals surface area contributed by atoms with Crippen molar-refractivity contribution in [2.45, 2.75) is 44.6 Å². The number of nitrogen functional groups attached to an aromatic ring is 1. The summed E-state index contributed by atoms with van der Waals surface area (Å²) in [6, 6.07) is 7.63. The summed E-state index contributed by atoms with van der Waals surface area (Å²) in [5.41, 5.74) is 7.04. The Morgan fingerprint density at radius 1 is 1.22 bits per heavy atom. The summed E-state index contributed by atoms with van der Waals surface area (Å²) in [6.07, 6.45) is 4.05. The molecule has 37 heavy (non-hydrogen) atoms. The fraction of sp³-hybridized carbons (Fsp3) is 0.478. The van der Waals surface area contributed by atoms with Gasteiger partial charge in [-0.15, -0.1) is 0 Å². The molecule has 1 saturated heterocycles. The van der Waals surface area contributed by atoms with Crippen molar-refractivity contribution >= 4 is 30.7 Å². The number of ether oxygens (including phenoxy) is 3. The number of hydrogen-bond donors (Lipinski definition) is 2. The molecule has 1 unspecified atom stereocenters. The van der Waals surface area contributed by atoms with Gasteiger partial charge >= 0.3 is 13.7 Å². The summed E-state index contributed by atoms with van der Waals surface area (Å²) in [4.78, 5) is 24.8. The third-order valence-electron chi connectivity index (χ3n) is 5.66. The van der Waals surface area contributed by atoms with Gasteiger partial charge in [0.1, 0.15) is 30.2 Å². The first-order valence-electron chi connectivity index (χ1n) is 11.9. The second kappa shape index (κ2) is 12.4. The number of carbonyl (C=O) groups excluding carboxylic acids is 1. The number of para-hydroxylation sites is 1. The van der Waals surface area contributed by atoms with Gasteiger partial charge in [-0.2, -0.15) is 5.09 Å². The van der Waals surface area contributed by atoms with Crippen LogP contribution in [0.5, 0.6) is 5.75 Å². The third-order valence-corrected chi connectivity index (χ3v) is 7.31. The number of hydrogen-bond acceptors (Lipinski definition) is 11. The summed E-state index contributed by atoms with van der Waals surface area (Å²) in [5, 5.41) is 2.67. The molecule has 2 aromatic heterocycles. The van der Waals surface area contributed by atoms with Crippen LogP contribution in [-0.4, -0.2) is 70.7 Å². The SMILES string of the molecule is COCCOC(=O)[C@H](C)N[P@](=O)(OC[C@@H]1CCC(Cn2cnc3c(N)ncnc32)O1)Oc1ccccc1. The summed E-state index contributed by atoms with van der Waals surface area (Å²) < 4.78 is 43.0. The number of aromatic nitrogens is 4. The lowest BCUT2D eigenvalue weighted by Crippen LogP contribution is -2.36. The summed E-state index contributed by atoms with van der Waals surface area (Å²) in [6.45, 7) is 2.37. The first-order chi connectivity index (χ1) is 17.9. The van der Waals surface area contributed by atoms with Gasteiger partial charge in [0.25, 0.3) is 0 Å². The van der Waals surface area contributed by atoms with E-state index in [4.69, 9.17) is 29.0 Å². The third kappa shape index (κ3) is 7.24. The molecular formula is C23H31N6O7P. The van der Waals surface area contributed by atoms with E-state index in [-0.39, 0.29) is 32.0 Å². The van der Waals surface area contributed by atoms with Crippen molar-refractivity contribution in [3.8, 4) is 5.75 Å². The van der Waals surface area contributed by atoms with Crippen molar-refractivity contribution in [3.05, 3.63) is 43.0 Å². The monoisotopic (exact) mass is 534 g/mol. The largest absolute Gasteiger partial charge is 0.462 e. The second-order valence-corrected chi connectivity index (χ2v) is 10.2. The van der Waals surface area contributed by atoms with E-state index in [9.17, 15) is 9.36 Å². The van der Waals surface area contributed by atoms with Crippen LogP contribution in [0.4, 0.5) is 5.82 Å². The number of nitrogens with zero attached hydrogens (tertiary/aromatic N) is 4. The molecule has 0 amide bonds. The van der Waals surface area contributed by atoms with Gasteiger partial charge in [0.05, 0.1) is 38.3 Å². The van der Waals surface area contributed by atoms with Gasteiger partial charge in [-0.25, -0.2) is 19.5 Å². The topological polar surface area (TPSA) is 162 Å². The maximum atomic E-state index is 13.6. The van der Waals surface area contributed by atoms with E-state index >= 15 is 0 Å². The smallest absolute Gasteiger partial charge is 0.459 e. The molecule has 0 saturated carbocycles. The Labute approximate surface area is 214 Å². The Kier molecular flexibility index (Phi) is 9.06. The molecule has 1 fully saturated rings. The van der Waals surface area contributed by atoms with Crippen molar-refractivity contribution in [1.82, 2.24) is 24.6 Å². The minimum atomic E-state index is -3.97. The average molecular weight is 535 g/mol. The number of nitrogens with one attached hydrogen (secondary N) is 1. The van der Waals surface area contributed by atoms with Gasteiger partial charge < -0.3 is 29.0 Å². The number of rotatable bonds is 13. The van der Waals surface area contributed by atoms with Crippen molar-refractivity contribution in [2.75, 3.05) is 32.7 Å². The zero-order valence-corrected chi connectivity index (χ0v) is 21.6. The molecule has 0 aliphatic carbocycles. The fourth-order valence-electron chi connectivity index (χ4n) is 3.82. The molecule has 13 nitrogen and oxygen atoms in total. The highest BCUT2D eigenvalue weighted by Crippen LogP contribution is 2.45. The van der Waals surface area contributed by atoms with E-state index in [1.54, 1.807) is 36.7 Å². The fourth-order valence-corrected chi connectivity index (χ4v) is 5.34. The Hall–Kier alpha value is -3.09. The number of anilines is 1. The van der Waals surface area contributed by atoms with Crippen LogP contribution in [0.1, 0.15) is 19.8 Å². The molecule has 3 aromatic rings. The highest BCUT2D eigenvalue weighted by Gasteiger charge is 2.35. The van der Waals surface area contributed by atoms with Gasteiger partial charge in [0.2, 0.25) is 0 Å². The van der Waals surface area contributed by atoms with Crippen LogP contribution < -0.4 is 15.3 Å². The van der Waals surface area contributed by atoms with Crippen molar-refractivity contribution in [3.63, 3.8) is 0 Å². The summed E-state index contributed by atoms with van der Waals surface area (Å²) in [5.74, 6) is 0.0457. The minimum absolute atomic E-state index is 0.00114. The molecule has 0 radical (unpaired) electrons. The predicted molar refractivity (Wildman–Crippen MR) is 134 cm³/mol. The van der Waals surface area contributed by atoms with Crippen LogP contribution >= 0.6 is 7.75 Å². The molecule has 200 valence electrons. The van der Waals surface area contributed by atoms with Crippen LogP contribution in [0, 0.1) is 0 Å². The number of benzene rings is 1. The lowest BCUT2D eigenvalue weighted by Gasteiger charge is -2.24. The van der Waals surface area contributed by atoms with Gasteiger partial charge in [0, 0.05) is 7.11 Å². The first-order valence-corrected chi connectivity index (χ1v) is 13.4. The number of fused-ring (bicyclic) bond motifs is 1. The number of nitrogens with two attached hydrogens (primary N) is 1. The zero-order chi connectivity index (χ0) is 26.3. The van der Waals surface area contributed by atoms with Gasteiger partial charge in [-0.05, 0) is 31.9 Å². The van der Waals surface area contributed by atoms with Crippen molar-refractivity contribution in [2.24, 2.45) is 0 Å². The molecule has 3 heterocycles. The second-order valence-electron chi connectivity index (χ2n) is 8.49. The maximum absolute atomic E-state index is 13.6. The van der Waals surface area contributed by atoms with Crippen LogP contribution in [0.25, 0.3) is 11.2 Å². The quantitative estimate of drug-likeness (QED) is 0.187. The zero-order valence-electron chi connectivity index (χ0n) is 20.7. The van der Waals surface area contributed by atoms with E-state index < -0.39 is 19.8 Å². The Morgan fingerprint density at radius 3 is 2.78 bits per heavy atom. The molecule has 14 heteroatoms. The Bertz CT molecular complexity index is 1230. The molecule has 1 aromatic carbocycles. The molecule has 1 aliphatic rings. The number of methoxy groups -OCH3 is 1. The number of carbonyl (C=O) groups is 1. The van der Waals surface area contributed by atoms with E-state index in [1.807, 2.05) is 4.57 Å². The van der Waals surface area contributed by atoms with Gasteiger partial charge in [0.15, 0.2) is 11.5 Å². The maximum Gasteiger partial charge on any atom is 0.459 e. The summed E-state index contributed by atoms with van der Waals surface area (Å²) >= 11 is 0. The predicted octanol–water partition coefficient (Wildman–Crippen LogP) is 2.33. The standard InChI is InChI=1S/C23H31N6O7P/c1-16(23(30)33-11-10-32-2)28-37(31,36-17-6-4-3-5-7-17)34-13-19-9-8-18(35-19)12-29-15-27-20-21(24)25-14-26-22(20)29/h3-7,14-16,18-19H,8-13H2,1-2H3,(H,28,31)(H2,24,25,26)/t16-,18?,19-,37-/m0/s1. The van der Waals surface area contributed by atoms with Crippen molar-refractivity contribution < 1.29 is 32.6 Å². The van der Waals surface area contributed by atoms with Crippen LogP contribution in [0.3, 0.4) is 0 Å². The molecule has 4 rings (SSSR count). The molecule has 3 N–H and O–H groups in total. The molecule has 4 atom stereocenters. The van der Waals surface area contributed by atoms with Gasteiger partial charge in [-0.3, -0.25) is 9.32 Å². The molecule has 1 aliphatic heterocycles. The average Bonchev–Trinajstić information content (AvgIpc) is 3.51. The van der Waals surface area contributed by atoms with Crippen LogP contribution in [0.2, 0.25) is 0 Å². The molecular weight excluding hydrogens is 503 g/mol. The van der Waals surface area contributed by atoms with E-state index in [0.717, 1.165) is 6.42 Å². The van der Waals surface area contributed by atoms with E-state index in [1.165, 1.54) is 20.4 Å². The van der Waals surface area contributed by atoms with Crippen molar-refractivity contribution in [1.29, 1.82) is 0 Å². The number of imidazole rings is 1. The normalized spacial score (nSPS) is 19.9. The lowest BCUT2D eigenvalue weighted by molar-refractivity contribution is -0.146. The highest BCUT2D eigenvalue weighted by atomic mass is 31.2. The van der Waals surface area contributed by atoms with E-state index in [0.29, 0.717) is 35.7 Å². The molecule has 0 spiro atoms. The number of esters is 1. The Morgan fingerprint density at radius 2 is 2.00 bits per heavy atom. The first kappa shape index (κ1) is 27.0. The molecule has 0 bridgehead atoms. The van der Waals surface area contributed by atoms with Gasteiger partial charge in [-0.1, -0.05) is 18.2 Å². The minimum Gasteiger partial charge on any atom is -0.462 e. The Balaban J connectivity index is 1.36. The summed E-state index contributed by atoms with van der Waals surface area (Å²) in [7, 11) is -2.46. The van der Waals surface area contributed by atoms with Crippen LogP contribution in [-0.2, 0) is 34.6 Å².